The number of Topliss-reactive ketones (excluding diaryl/α,β-unsaturated/α-hetero) is 1. The summed E-state index contributed by atoms with van der Waals surface area (Å²) >= 11 is 0. The fourth-order valence-electron chi connectivity index (χ4n) is 1.44. The number of ether oxygens (including phenoxy) is 1. The Bertz CT molecular complexity index is 582. The first kappa shape index (κ1) is 15.2. The van der Waals surface area contributed by atoms with Crippen LogP contribution in [-0.2, 0) is 9.53 Å². The molecule has 0 N–H and O–H groups in total. The van der Waals surface area contributed by atoms with Crippen LogP contribution in [0.15, 0.2) is 18.2 Å². The minimum Gasteiger partial charge on any atom is -0.466 e. The Labute approximate surface area is 112 Å². The molecule has 0 unspecified atom stereocenters. The minimum atomic E-state index is -0.959. The predicted octanol–water partition coefficient (Wildman–Crippen LogP) is 1.64. The van der Waals surface area contributed by atoms with E-state index in [1.54, 1.807) is 6.92 Å². The molecule has 0 amide bonds. The zero-order valence-corrected chi connectivity index (χ0v) is 10.4. The highest BCUT2D eigenvalue weighted by Crippen LogP contribution is 2.27. The lowest BCUT2D eigenvalue weighted by atomic mass is 10.1. The molecule has 0 atom stereocenters. The molecule has 0 aliphatic rings. The van der Waals surface area contributed by atoms with Crippen molar-refractivity contribution < 1.29 is 24.2 Å². The molecule has 0 aliphatic heterocycles. The van der Waals surface area contributed by atoms with E-state index in [1.807, 2.05) is 0 Å². The van der Waals surface area contributed by atoms with E-state index in [0.717, 1.165) is 18.2 Å². The van der Waals surface area contributed by atoms with Gasteiger partial charge in [0.2, 0.25) is 0 Å². The van der Waals surface area contributed by atoms with Crippen molar-refractivity contribution >= 4 is 23.1 Å². The molecular weight excluding hydrogens is 272 g/mol. The molecule has 9 nitrogen and oxygen atoms in total. The summed E-state index contributed by atoms with van der Waals surface area (Å²) in [5.74, 6) is -1.47. The maximum Gasteiger partial charge on any atom is 0.346 e. The zero-order valence-electron chi connectivity index (χ0n) is 10.4. The first-order chi connectivity index (χ1) is 9.36. The Morgan fingerprint density at radius 2 is 1.75 bits per heavy atom. The van der Waals surface area contributed by atoms with E-state index < -0.39 is 39.4 Å². The van der Waals surface area contributed by atoms with Gasteiger partial charge in [-0.25, -0.2) is 0 Å². The van der Waals surface area contributed by atoms with E-state index >= 15 is 0 Å². The molecule has 0 aliphatic carbocycles. The van der Waals surface area contributed by atoms with E-state index in [2.05, 4.69) is 4.74 Å². The normalized spacial score (nSPS) is 9.85. The molecule has 0 fully saturated rings. The van der Waals surface area contributed by atoms with Crippen LogP contribution < -0.4 is 0 Å². The Morgan fingerprint density at radius 3 is 2.25 bits per heavy atom. The van der Waals surface area contributed by atoms with Crippen LogP contribution in [0.3, 0.4) is 0 Å². The molecule has 0 saturated carbocycles. The lowest BCUT2D eigenvalue weighted by Crippen LogP contribution is -2.11. The van der Waals surface area contributed by atoms with Gasteiger partial charge >= 0.3 is 17.3 Å². The first-order valence-corrected chi connectivity index (χ1v) is 5.48. The number of nitro groups is 2. The number of esters is 1. The van der Waals surface area contributed by atoms with E-state index in [-0.39, 0.29) is 12.2 Å². The van der Waals surface area contributed by atoms with Crippen molar-refractivity contribution in [3.63, 3.8) is 0 Å². The van der Waals surface area contributed by atoms with Crippen molar-refractivity contribution in [2.75, 3.05) is 6.61 Å². The zero-order chi connectivity index (χ0) is 15.3. The Hall–Kier alpha value is -2.84. The quantitative estimate of drug-likeness (QED) is 0.255. The van der Waals surface area contributed by atoms with Gasteiger partial charge < -0.3 is 4.74 Å². The molecule has 0 spiro atoms. The molecule has 0 radical (unpaired) electrons. The van der Waals surface area contributed by atoms with Crippen LogP contribution in [0, 0.1) is 20.2 Å². The van der Waals surface area contributed by atoms with Crippen LogP contribution in [0.25, 0.3) is 0 Å². The highest BCUT2D eigenvalue weighted by molar-refractivity contribution is 6.06. The van der Waals surface area contributed by atoms with Crippen molar-refractivity contribution in [2.45, 2.75) is 13.3 Å². The van der Waals surface area contributed by atoms with Gasteiger partial charge in [-0.1, -0.05) is 0 Å². The maximum atomic E-state index is 11.7. The van der Waals surface area contributed by atoms with E-state index in [0.29, 0.717) is 0 Å². The van der Waals surface area contributed by atoms with E-state index in [9.17, 15) is 29.8 Å². The fraction of sp³-hybridized carbons (Fsp3) is 0.273. The Morgan fingerprint density at radius 1 is 1.15 bits per heavy atom. The lowest BCUT2D eigenvalue weighted by molar-refractivity contribution is -0.422. The number of rotatable bonds is 6. The summed E-state index contributed by atoms with van der Waals surface area (Å²) in [6.07, 6.45) is -0.581. The number of carbonyl (C=O) groups excluding carboxylic acids is 2. The van der Waals surface area contributed by atoms with Gasteiger partial charge in [0.25, 0.3) is 0 Å². The average molecular weight is 282 g/mol. The first-order valence-electron chi connectivity index (χ1n) is 5.48. The third-order valence-corrected chi connectivity index (χ3v) is 2.30. The minimum absolute atomic E-state index is 0.104. The number of hydrogen-bond acceptors (Lipinski definition) is 7. The molecule has 106 valence electrons. The average Bonchev–Trinajstić information content (AvgIpc) is 2.37. The highest BCUT2D eigenvalue weighted by atomic mass is 16.6. The van der Waals surface area contributed by atoms with Gasteiger partial charge in [-0.2, -0.15) is 0 Å². The van der Waals surface area contributed by atoms with Crippen molar-refractivity contribution in [3.05, 3.63) is 44.0 Å². The number of nitro benzene ring substituents is 2. The lowest BCUT2D eigenvalue weighted by Gasteiger charge is -2.02. The topological polar surface area (TPSA) is 130 Å². The van der Waals surface area contributed by atoms with Crippen LogP contribution in [0.5, 0.6) is 0 Å². The third-order valence-electron chi connectivity index (χ3n) is 2.30. The standard InChI is InChI=1S/C11H10N2O7/c1-2-20-11(15)6-10(14)7-3-4-8(12(16)17)9(5-7)13(18)19/h3-5H,2,6H2,1H3. The highest BCUT2D eigenvalue weighted by Gasteiger charge is 2.26. The number of nitrogens with zero attached hydrogens (tertiary/aromatic N) is 2. The molecule has 9 heteroatoms. The summed E-state index contributed by atoms with van der Waals surface area (Å²) < 4.78 is 4.57. The summed E-state index contributed by atoms with van der Waals surface area (Å²) in [6, 6.07) is 2.70. The van der Waals surface area contributed by atoms with Crippen molar-refractivity contribution in [1.82, 2.24) is 0 Å². The number of carbonyl (C=O) groups is 2. The van der Waals surface area contributed by atoms with Gasteiger partial charge in [0.15, 0.2) is 5.78 Å². The van der Waals surface area contributed by atoms with Gasteiger partial charge in [0, 0.05) is 17.7 Å². The van der Waals surface area contributed by atoms with Gasteiger partial charge in [-0.05, 0) is 13.0 Å². The van der Waals surface area contributed by atoms with Crippen molar-refractivity contribution in [1.29, 1.82) is 0 Å². The number of hydrogen-bond donors (Lipinski definition) is 0. The smallest absolute Gasteiger partial charge is 0.346 e. The molecule has 1 aromatic rings. The summed E-state index contributed by atoms with van der Waals surface area (Å²) in [5.41, 5.74) is -1.68. The largest absolute Gasteiger partial charge is 0.466 e. The van der Waals surface area contributed by atoms with E-state index in [4.69, 9.17) is 0 Å². The molecule has 0 saturated heterocycles. The van der Waals surface area contributed by atoms with Gasteiger partial charge in [-0.15, -0.1) is 0 Å². The molecule has 0 bridgehead atoms. The van der Waals surface area contributed by atoms with Gasteiger partial charge in [0.1, 0.15) is 6.42 Å². The monoisotopic (exact) mass is 282 g/mol. The summed E-state index contributed by atoms with van der Waals surface area (Å²) in [5, 5.41) is 21.3. The summed E-state index contributed by atoms with van der Waals surface area (Å²) in [6.45, 7) is 1.67. The number of benzene rings is 1. The molecular formula is C11H10N2O7. The molecule has 0 aromatic heterocycles. The van der Waals surface area contributed by atoms with Crippen LogP contribution in [0.2, 0.25) is 0 Å². The van der Waals surface area contributed by atoms with Crippen LogP contribution in [-0.4, -0.2) is 28.2 Å². The summed E-state index contributed by atoms with van der Waals surface area (Å²) in [7, 11) is 0. The van der Waals surface area contributed by atoms with Gasteiger partial charge in [0.05, 0.1) is 16.5 Å². The second-order valence-electron chi connectivity index (χ2n) is 3.62. The van der Waals surface area contributed by atoms with Crippen molar-refractivity contribution in [3.8, 4) is 0 Å². The third kappa shape index (κ3) is 3.57. The van der Waals surface area contributed by atoms with Crippen molar-refractivity contribution in [2.24, 2.45) is 0 Å². The van der Waals surface area contributed by atoms with Gasteiger partial charge in [-0.3, -0.25) is 29.8 Å². The van der Waals surface area contributed by atoms with Crippen LogP contribution >= 0.6 is 0 Å². The molecule has 1 aromatic carbocycles. The summed E-state index contributed by atoms with van der Waals surface area (Å²) in [4.78, 5) is 42.3. The SMILES string of the molecule is CCOC(=O)CC(=O)c1ccc([N+](=O)[O-])c([N+](=O)[O-])c1. The second kappa shape index (κ2) is 6.36. The molecule has 1 rings (SSSR count). The van der Waals surface area contributed by atoms with Crippen LogP contribution in [0.4, 0.5) is 11.4 Å². The van der Waals surface area contributed by atoms with Crippen LogP contribution in [0.1, 0.15) is 23.7 Å². The Kier molecular flexibility index (Phi) is 4.84. The van der Waals surface area contributed by atoms with E-state index in [1.165, 1.54) is 0 Å². The maximum absolute atomic E-state index is 11.7. The molecule has 0 heterocycles. The predicted molar refractivity (Wildman–Crippen MR) is 65.3 cm³/mol. The second-order valence-corrected chi connectivity index (χ2v) is 3.62. The fourth-order valence-corrected chi connectivity index (χ4v) is 1.44. The molecule has 20 heavy (non-hydrogen) atoms. The number of ketones is 1. The Balaban J connectivity index is 3.06.